The maximum atomic E-state index is 3.42. The zero-order chi connectivity index (χ0) is 19.2. The Morgan fingerprint density at radius 1 is 1.04 bits per heavy atom. The van der Waals surface area contributed by atoms with Gasteiger partial charge in [0.1, 0.15) is 0 Å². The molecule has 151 valence electrons. The smallest absolute Gasteiger partial charge is 0.00473 e. The van der Waals surface area contributed by atoms with Crippen LogP contribution in [0.15, 0.2) is 17.7 Å². The summed E-state index contributed by atoms with van der Waals surface area (Å²) in [5.41, 5.74) is 2.81. The Morgan fingerprint density at radius 2 is 1.85 bits per heavy atom. The molecule has 0 heteroatoms. The Bertz CT molecular complexity index is 595. The van der Waals surface area contributed by atoms with Crippen LogP contribution in [0.4, 0.5) is 0 Å². The molecule has 0 N–H and O–H groups in total. The maximum Gasteiger partial charge on any atom is -0.00473 e. The van der Waals surface area contributed by atoms with E-state index in [9.17, 15) is 0 Å². The van der Waals surface area contributed by atoms with Gasteiger partial charge in [0.2, 0.25) is 0 Å². The summed E-state index contributed by atoms with van der Waals surface area (Å²) in [6.07, 6.45) is 22.5. The van der Waals surface area contributed by atoms with Gasteiger partial charge in [-0.1, -0.05) is 71.6 Å². The number of rotatable bonds is 5. The third-order valence-electron chi connectivity index (χ3n) is 9.84. The van der Waals surface area contributed by atoms with Crippen LogP contribution in [0.2, 0.25) is 0 Å². The van der Waals surface area contributed by atoms with E-state index >= 15 is 0 Å². The fourth-order valence-electron chi connectivity index (χ4n) is 8.30. The molecule has 3 fully saturated rings. The minimum absolute atomic E-state index is 0.455. The first kappa shape index (κ1) is 19.8. The molecule has 0 aromatic rings. The highest BCUT2D eigenvalue weighted by atomic mass is 14.6. The molecule has 0 aromatic heterocycles. The molecule has 1 radical (unpaired) electrons. The first-order valence-corrected chi connectivity index (χ1v) is 12.1. The Morgan fingerprint density at radius 3 is 2.63 bits per heavy atom. The van der Waals surface area contributed by atoms with E-state index in [-0.39, 0.29) is 0 Å². The third-order valence-corrected chi connectivity index (χ3v) is 9.84. The minimum Gasteiger partial charge on any atom is -0.0758 e. The lowest BCUT2D eigenvalue weighted by Gasteiger charge is -2.58. The summed E-state index contributed by atoms with van der Waals surface area (Å²) in [5, 5.41) is 0. The Labute approximate surface area is 169 Å². The van der Waals surface area contributed by atoms with Crippen molar-refractivity contribution >= 4 is 0 Å². The molecule has 4 aliphatic carbocycles. The summed E-state index contributed by atoms with van der Waals surface area (Å²) >= 11 is 0. The van der Waals surface area contributed by atoms with Gasteiger partial charge in [-0.05, 0) is 97.4 Å². The summed E-state index contributed by atoms with van der Waals surface area (Å²) in [5.74, 6) is 5.71. The van der Waals surface area contributed by atoms with Crippen molar-refractivity contribution in [1.82, 2.24) is 0 Å². The summed E-state index contributed by atoms with van der Waals surface area (Å²) in [6.45, 7) is 12.7. The van der Waals surface area contributed by atoms with Crippen molar-refractivity contribution in [3.63, 3.8) is 0 Å². The van der Waals surface area contributed by atoms with Crippen molar-refractivity contribution < 1.29 is 0 Å². The lowest BCUT2D eigenvalue weighted by molar-refractivity contribution is -0.0548. The van der Waals surface area contributed by atoms with Crippen LogP contribution in [0.25, 0.3) is 0 Å². The van der Waals surface area contributed by atoms with Crippen molar-refractivity contribution in [1.29, 1.82) is 0 Å². The highest BCUT2D eigenvalue weighted by Crippen LogP contribution is 2.67. The van der Waals surface area contributed by atoms with Crippen molar-refractivity contribution in [2.75, 3.05) is 0 Å². The Hall–Kier alpha value is -0.520. The molecule has 0 heterocycles. The Balaban J connectivity index is 1.48. The first-order chi connectivity index (χ1) is 12.9. The molecule has 4 aliphatic rings. The molecule has 3 saturated carbocycles. The quantitative estimate of drug-likeness (QED) is 0.462. The van der Waals surface area contributed by atoms with E-state index in [1.807, 2.05) is 0 Å². The molecule has 0 aliphatic heterocycles. The largest absolute Gasteiger partial charge is 0.0758 e. The molecule has 0 spiro atoms. The molecular weight excluding hydrogens is 324 g/mol. The lowest BCUT2D eigenvalue weighted by Crippen LogP contribution is -2.50. The van der Waals surface area contributed by atoms with Gasteiger partial charge in [0.25, 0.3) is 0 Å². The second-order valence-corrected chi connectivity index (χ2v) is 11.6. The molecule has 0 nitrogen and oxygen atoms in total. The van der Waals surface area contributed by atoms with Crippen molar-refractivity contribution in [3.05, 3.63) is 23.8 Å². The van der Waals surface area contributed by atoms with Crippen LogP contribution in [-0.4, -0.2) is 0 Å². The normalized spacial score (nSPS) is 44.4. The standard InChI is InChI=1S/C27H43/c1-19(2)9-8-10-20(3)23-14-15-24-22-13-12-21-11-6-7-17-26(21,4)25(22)16-18-27(23,24)5/h7,11,19-20,22-25H,8-10,12-18H2,1-5H3/t20-,22+,23-,24+,25+,26+,27-/m1/s1. The molecule has 7 atom stereocenters. The predicted octanol–water partition coefficient (Wildman–Crippen LogP) is 8.00. The maximum absolute atomic E-state index is 3.42. The topological polar surface area (TPSA) is 0 Å². The third kappa shape index (κ3) is 3.28. The van der Waals surface area contributed by atoms with Crippen LogP contribution in [0.1, 0.15) is 98.8 Å². The molecule has 0 bridgehead atoms. The molecule has 4 rings (SSSR count). The first-order valence-electron chi connectivity index (χ1n) is 12.1. The molecule has 0 amide bonds. The number of allylic oxidation sites excluding steroid dienone is 4. The van der Waals surface area contributed by atoms with E-state index < -0.39 is 0 Å². The molecule has 0 aromatic carbocycles. The Kier molecular flexibility index (Phi) is 5.41. The predicted molar refractivity (Wildman–Crippen MR) is 116 cm³/mol. The van der Waals surface area contributed by atoms with Crippen LogP contribution in [0.3, 0.4) is 0 Å². The van der Waals surface area contributed by atoms with Gasteiger partial charge in [-0.2, -0.15) is 0 Å². The van der Waals surface area contributed by atoms with Crippen LogP contribution in [-0.2, 0) is 0 Å². The zero-order valence-electron chi connectivity index (χ0n) is 18.7. The second kappa shape index (κ2) is 7.38. The number of hydrogen-bond acceptors (Lipinski definition) is 0. The molecular formula is C27H43. The van der Waals surface area contributed by atoms with Crippen LogP contribution in [0, 0.1) is 52.4 Å². The van der Waals surface area contributed by atoms with E-state index in [4.69, 9.17) is 0 Å². The van der Waals surface area contributed by atoms with Gasteiger partial charge in [-0.25, -0.2) is 0 Å². The number of hydrogen-bond donors (Lipinski definition) is 0. The second-order valence-electron chi connectivity index (χ2n) is 11.6. The van der Waals surface area contributed by atoms with E-state index in [1.165, 1.54) is 64.2 Å². The van der Waals surface area contributed by atoms with E-state index in [0.717, 1.165) is 35.5 Å². The lowest BCUT2D eigenvalue weighted by atomic mass is 9.47. The minimum atomic E-state index is 0.455. The van der Waals surface area contributed by atoms with E-state index in [0.29, 0.717) is 10.8 Å². The zero-order valence-corrected chi connectivity index (χ0v) is 18.7. The van der Waals surface area contributed by atoms with Gasteiger partial charge in [0.15, 0.2) is 0 Å². The van der Waals surface area contributed by atoms with Gasteiger partial charge < -0.3 is 0 Å². The average Bonchev–Trinajstić information content (AvgIpc) is 2.98. The summed E-state index contributed by atoms with van der Waals surface area (Å²) in [6, 6.07) is 0. The highest BCUT2D eigenvalue weighted by molar-refractivity contribution is 5.28. The summed E-state index contributed by atoms with van der Waals surface area (Å²) < 4.78 is 0. The van der Waals surface area contributed by atoms with Crippen molar-refractivity contribution in [3.8, 4) is 0 Å². The SMILES string of the molecule is CC(C)CCC[C@@H](C)[C@H]1CC[C@H]2[C@@H]3CCC4=C[C]=CC[C@]4(C)[C@H]3CC[C@]12C. The van der Waals surface area contributed by atoms with Crippen LogP contribution in [0.5, 0.6) is 0 Å². The number of fused-ring (bicyclic) bond motifs is 5. The van der Waals surface area contributed by atoms with Gasteiger partial charge in [0, 0.05) is 0 Å². The molecule has 27 heavy (non-hydrogen) atoms. The van der Waals surface area contributed by atoms with Gasteiger partial charge >= 0.3 is 0 Å². The average molecular weight is 368 g/mol. The molecule has 0 saturated heterocycles. The molecule has 0 unspecified atom stereocenters. The summed E-state index contributed by atoms with van der Waals surface area (Å²) in [4.78, 5) is 0. The van der Waals surface area contributed by atoms with Crippen molar-refractivity contribution in [2.45, 2.75) is 98.8 Å². The van der Waals surface area contributed by atoms with Gasteiger partial charge in [-0.15, -0.1) is 0 Å². The van der Waals surface area contributed by atoms with E-state index in [1.54, 1.807) is 5.57 Å². The van der Waals surface area contributed by atoms with E-state index in [2.05, 4.69) is 52.8 Å². The van der Waals surface area contributed by atoms with Gasteiger partial charge in [0.05, 0.1) is 0 Å². The van der Waals surface area contributed by atoms with Gasteiger partial charge in [-0.3, -0.25) is 0 Å². The van der Waals surface area contributed by atoms with Crippen molar-refractivity contribution in [2.24, 2.45) is 46.3 Å². The monoisotopic (exact) mass is 367 g/mol. The fourth-order valence-corrected chi connectivity index (χ4v) is 8.30. The van der Waals surface area contributed by atoms with Crippen LogP contribution >= 0.6 is 0 Å². The van der Waals surface area contributed by atoms with Crippen LogP contribution < -0.4 is 0 Å². The fraction of sp³-hybridized carbons (Fsp3) is 0.852. The summed E-state index contributed by atoms with van der Waals surface area (Å²) in [7, 11) is 0. The highest BCUT2D eigenvalue weighted by Gasteiger charge is 2.58.